The maximum atomic E-state index is 13.3. The summed E-state index contributed by atoms with van der Waals surface area (Å²) in [4.78, 5) is 0. The fourth-order valence-electron chi connectivity index (χ4n) is 0.895. The predicted octanol–water partition coefficient (Wildman–Crippen LogP) is 2.71. The summed E-state index contributed by atoms with van der Waals surface area (Å²) in [6.07, 6.45) is 0. The Morgan fingerprint density at radius 1 is 1.46 bits per heavy atom. The van der Waals surface area contributed by atoms with Gasteiger partial charge in [-0.2, -0.15) is 0 Å². The fraction of sp³-hybridized carbons (Fsp3) is 0.333. The minimum absolute atomic E-state index is 0.173. The molecule has 0 aliphatic carbocycles. The van der Waals surface area contributed by atoms with Gasteiger partial charge in [0, 0.05) is 12.7 Å². The van der Waals surface area contributed by atoms with Crippen LogP contribution in [-0.2, 0) is 16.1 Å². The normalized spacial score (nSPS) is 10.4. The van der Waals surface area contributed by atoms with E-state index in [9.17, 15) is 4.39 Å². The maximum absolute atomic E-state index is 13.3. The molecule has 4 heteroatoms. The van der Waals surface area contributed by atoms with Gasteiger partial charge in [0.05, 0.1) is 11.1 Å². The Morgan fingerprint density at radius 3 is 2.92 bits per heavy atom. The van der Waals surface area contributed by atoms with Gasteiger partial charge in [-0.1, -0.05) is 12.1 Å². The van der Waals surface area contributed by atoms with Crippen LogP contribution in [0.2, 0.25) is 0 Å². The van der Waals surface area contributed by atoms with Gasteiger partial charge >= 0.3 is 0 Å². The van der Waals surface area contributed by atoms with E-state index in [2.05, 4.69) is 20.7 Å². The van der Waals surface area contributed by atoms with Gasteiger partial charge in [-0.3, -0.25) is 0 Å². The zero-order chi connectivity index (χ0) is 9.68. The van der Waals surface area contributed by atoms with Crippen LogP contribution in [0, 0.1) is 5.82 Å². The van der Waals surface area contributed by atoms with Crippen LogP contribution in [0.25, 0.3) is 0 Å². The van der Waals surface area contributed by atoms with E-state index in [-0.39, 0.29) is 19.2 Å². The van der Waals surface area contributed by atoms with Gasteiger partial charge in [0.2, 0.25) is 0 Å². The van der Waals surface area contributed by atoms with Crippen molar-refractivity contribution < 1.29 is 13.9 Å². The molecular weight excluding hydrogens is 239 g/mol. The monoisotopic (exact) mass is 248 g/mol. The third kappa shape index (κ3) is 3.06. The van der Waals surface area contributed by atoms with Crippen LogP contribution in [0.1, 0.15) is 5.56 Å². The van der Waals surface area contributed by atoms with Crippen LogP contribution in [0.15, 0.2) is 22.7 Å². The van der Waals surface area contributed by atoms with Crippen molar-refractivity contribution in [2.45, 2.75) is 6.61 Å². The van der Waals surface area contributed by atoms with Gasteiger partial charge in [0.25, 0.3) is 0 Å². The van der Waals surface area contributed by atoms with E-state index in [1.807, 2.05) is 0 Å². The number of hydrogen-bond acceptors (Lipinski definition) is 2. The zero-order valence-corrected chi connectivity index (χ0v) is 8.80. The molecule has 0 radical (unpaired) electrons. The Balaban J connectivity index is 2.61. The molecule has 1 aromatic carbocycles. The van der Waals surface area contributed by atoms with Gasteiger partial charge < -0.3 is 9.47 Å². The summed E-state index contributed by atoms with van der Waals surface area (Å²) < 4.78 is 23.4. The van der Waals surface area contributed by atoms with Crippen molar-refractivity contribution in [1.82, 2.24) is 0 Å². The summed E-state index contributed by atoms with van der Waals surface area (Å²) in [7, 11) is 1.53. The SMILES string of the molecule is COCOCc1cccc(Br)c1F. The van der Waals surface area contributed by atoms with Gasteiger partial charge in [-0.15, -0.1) is 0 Å². The molecule has 1 rings (SSSR count). The average molecular weight is 249 g/mol. The second-order valence-electron chi connectivity index (χ2n) is 2.47. The molecule has 0 aromatic heterocycles. The lowest BCUT2D eigenvalue weighted by molar-refractivity contribution is -0.0398. The van der Waals surface area contributed by atoms with Gasteiger partial charge in [-0.25, -0.2) is 4.39 Å². The Labute approximate surface area is 84.8 Å². The van der Waals surface area contributed by atoms with Crippen molar-refractivity contribution in [2.75, 3.05) is 13.9 Å². The van der Waals surface area contributed by atoms with Crippen LogP contribution < -0.4 is 0 Å². The van der Waals surface area contributed by atoms with Crippen LogP contribution >= 0.6 is 15.9 Å². The summed E-state index contributed by atoms with van der Waals surface area (Å²) in [6, 6.07) is 5.09. The van der Waals surface area contributed by atoms with E-state index in [0.29, 0.717) is 10.0 Å². The predicted molar refractivity (Wildman–Crippen MR) is 50.8 cm³/mol. The molecule has 0 fully saturated rings. The van der Waals surface area contributed by atoms with Crippen LogP contribution in [0.4, 0.5) is 4.39 Å². The summed E-state index contributed by atoms with van der Waals surface area (Å²) in [5, 5.41) is 0. The number of benzene rings is 1. The topological polar surface area (TPSA) is 18.5 Å². The molecular formula is C9H10BrFO2. The highest BCUT2D eigenvalue weighted by Crippen LogP contribution is 2.18. The molecule has 1 aromatic rings. The number of hydrogen-bond donors (Lipinski definition) is 0. The highest BCUT2D eigenvalue weighted by molar-refractivity contribution is 9.10. The molecule has 2 nitrogen and oxygen atoms in total. The first-order valence-corrected chi connectivity index (χ1v) is 4.54. The largest absolute Gasteiger partial charge is 0.359 e. The van der Waals surface area contributed by atoms with E-state index in [1.54, 1.807) is 18.2 Å². The minimum atomic E-state index is -0.279. The van der Waals surface area contributed by atoms with E-state index in [4.69, 9.17) is 4.74 Å². The van der Waals surface area contributed by atoms with Crippen LogP contribution in [0.5, 0.6) is 0 Å². The molecule has 0 bridgehead atoms. The van der Waals surface area contributed by atoms with E-state index >= 15 is 0 Å². The summed E-state index contributed by atoms with van der Waals surface area (Å²) in [5.74, 6) is -0.279. The second kappa shape index (κ2) is 5.32. The molecule has 72 valence electrons. The molecule has 0 saturated carbocycles. The number of halogens is 2. The van der Waals surface area contributed by atoms with Gasteiger partial charge in [0.15, 0.2) is 0 Å². The molecule has 13 heavy (non-hydrogen) atoms. The third-order valence-corrected chi connectivity index (χ3v) is 2.10. The number of rotatable bonds is 4. The Kier molecular flexibility index (Phi) is 4.35. The van der Waals surface area contributed by atoms with E-state index in [0.717, 1.165) is 0 Å². The first kappa shape index (κ1) is 10.6. The standard InChI is InChI=1S/C9H10BrFO2/c1-12-6-13-5-7-3-2-4-8(10)9(7)11/h2-4H,5-6H2,1H3. The van der Waals surface area contributed by atoms with Crippen molar-refractivity contribution in [2.24, 2.45) is 0 Å². The van der Waals surface area contributed by atoms with Crippen molar-refractivity contribution in [3.63, 3.8) is 0 Å². The first-order valence-electron chi connectivity index (χ1n) is 3.75. The molecule has 0 spiro atoms. The molecule has 0 heterocycles. The lowest BCUT2D eigenvalue weighted by Crippen LogP contribution is -1.99. The smallest absolute Gasteiger partial charge is 0.146 e. The summed E-state index contributed by atoms with van der Waals surface area (Å²) >= 11 is 3.09. The number of ether oxygens (including phenoxy) is 2. The Hall–Kier alpha value is -0.450. The molecule has 0 amide bonds. The van der Waals surface area contributed by atoms with Crippen molar-refractivity contribution >= 4 is 15.9 Å². The van der Waals surface area contributed by atoms with E-state index in [1.165, 1.54) is 7.11 Å². The molecule has 0 N–H and O–H groups in total. The summed E-state index contributed by atoms with van der Waals surface area (Å²) in [5.41, 5.74) is 0.520. The molecule has 0 aliphatic heterocycles. The Morgan fingerprint density at radius 2 is 2.23 bits per heavy atom. The molecule has 0 saturated heterocycles. The maximum Gasteiger partial charge on any atom is 0.146 e. The van der Waals surface area contributed by atoms with Crippen molar-refractivity contribution in [1.29, 1.82) is 0 Å². The first-order chi connectivity index (χ1) is 6.25. The minimum Gasteiger partial charge on any atom is -0.359 e. The fourth-order valence-corrected chi connectivity index (χ4v) is 1.30. The lowest BCUT2D eigenvalue weighted by atomic mass is 10.2. The molecule has 0 aliphatic rings. The van der Waals surface area contributed by atoms with Gasteiger partial charge in [0.1, 0.15) is 12.6 Å². The average Bonchev–Trinajstić information content (AvgIpc) is 2.13. The molecule has 0 atom stereocenters. The lowest BCUT2D eigenvalue weighted by Gasteiger charge is -2.04. The quantitative estimate of drug-likeness (QED) is 0.603. The number of methoxy groups -OCH3 is 1. The van der Waals surface area contributed by atoms with Crippen molar-refractivity contribution in [3.8, 4) is 0 Å². The Bertz CT molecular complexity index is 278. The third-order valence-electron chi connectivity index (χ3n) is 1.49. The second-order valence-corrected chi connectivity index (χ2v) is 3.32. The zero-order valence-electron chi connectivity index (χ0n) is 7.22. The highest BCUT2D eigenvalue weighted by Gasteiger charge is 2.04. The van der Waals surface area contributed by atoms with Crippen LogP contribution in [-0.4, -0.2) is 13.9 Å². The summed E-state index contributed by atoms with van der Waals surface area (Å²) in [6.45, 7) is 0.394. The van der Waals surface area contributed by atoms with E-state index < -0.39 is 0 Å². The van der Waals surface area contributed by atoms with Crippen molar-refractivity contribution in [3.05, 3.63) is 34.1 Å². The molecule has 0 unspecified atom stereocenters. The van der Waals surface area contributed by atoms with Gasteiger partial charge in [-0.05, 0) is 22.0 Å². The van der Waals surface area contributed by atoms with Crippen LogP contribution in [0.3, 0.4) is 0 Å². The highest BCUT2D eigenvalue weighted by atomic mass is 79.9.